The Kier molecular flexibility index (Phi) is 4.76. The molecule has 20 heavy (non-hydrogen) atoms. The van der Waals surface area contributed by atoms with E-state index in [1.54, 1.807) is 6.92 Å². The van der Waals surface area contributed by atoms with E-state index in [0.717, 1.165) is 22.5 Å². The fourth-order valence-corrected chi connectivity index (χ4v) is 5.11. The first-order valence-corrected chi connectivity index (χ1v) is 8.89. The predicted molar refractivity (Wildman–Crippen MR) is 84.3 cm³/mol. The molecule has 2 rings (SSSR count). The van der Waals surface area contributed by atoms with Crippen LogP contribution >= 0.6 is 34.5 Å². The Morgan fingerprint density at radius 2 is 1.80 bits per heavy atom. The average molecular weight is 350 g/mol. The van der Waals surface area contributed by atoms with Gasteiger partial charge in [0, 0.05) is 6.04 Å². The van der Waals surface area contributed by atoms with Crippen LogP contribution in [0.2, 0.25) is 8.67 Å². The third-order valence-electron chi connectivity index (χ3n) is 2.82. The molecule has 1 N–H and O–H groups in total. The molecule has 0 fully saturated rings. The molecular formula is C13H13Cl2NO2S2. The number of halogens is 2. The number of hydrogen-bond acceptors (Lipinski definition) is 3. The van der Waals surface area contributed by atoms with Crippen LogP contribution in [-0.2, 0) is 10.0 Å². The van der Waals surface area contributed by atoms with Crippen LogP contribution in [-0.4, -0.2) is 8.42 Å². The molecule has 1 heterocycles. The van der Waals surface area contributed by atoms with Gasteiger partial charge in [-0.2, -0.15) is 0 Å². The van der Waals surface area contributed by atoms with Crippen molar-refractivity contribution < 1.29 is 8.42 Å². The second-order valence-electron chi connectivity index (χ2n) is 4.44. The Morgan fingerprint density at radius 3 is 2.30 bits per heavy atom. The summed E-state index contributed by atoms with van der Waals surface area (Å²) in [7, 11) is -3.68. The lowest BCUT2D eigenvalue weighted by molar-refractivity contribution is 0.567. The highest BCUT2D eigenvalue weighted by molar-refractivity contribution is 7.89. The Morgan fingerprint density at radius 1 is 1.20 bits per heavy atom. The smallest absolute Gasteiger partial charge is 0.207 e. The zero-order valence-electron chi connectivity index (χ0n) is 10.9. The largest absolute Gasteiger partial charge is 0.243 e. The van der Waals surface area contributed by atoms with Gasteiger partial charge >= 0.3 is 0 Å². The van der Waals surface area contributed by atoms with E-state index in [1.165, 1.54) is 6.07 Å². The van der Waals surface area contributed by atoms with Crippen LogP contribution in [0.4, 0.5) is 0 Å². The van der Waals surface area contributed by atoms with Crippen molar-refractivity contribution in [3.8, 4) is 0 Å². The van der Waals surface area contributed by atoms with Crippen molar-refractivity contribution in [1.29, 1.82) is 0 Å². The molecule has 1 unspecified atom stereocenters. The van der Waals surface area contributed by atoms with Crippen molar-refractivity contribution in [3.05, 3.63) is 50.1 Å². The fraction of sp³-hybridized carbons (Fsp3) is 0.231. The third kappa shape index (κ3) is 3.54. The van der Waals surface area contributed by atoms with Crippen molar-refractivity contribution in [3.63, 3.8) is 0 Å². The van der Waals surface area contributed by atoms with Gasteiger partial charge in [0.15, 0.2) is 0 Å². The topological polar surface area (TPSA) is 46.2 Å². The Bertz CT molecular complexity index is 708. The summed E-state index contributed by atoms with van der Waals surface area (Å²) in [6.07, 6.45) is 0. The lowest BCUT2D eigenvalue weighted by atomic mass is 10.1. The first kappa shape index (κ1) is 15.8. The second kappa shape index (κ2) is 6.03. The summed E-state index contributed by atoms with van der Waals surface area (Å²) in [5.41, 5.74) is 2.01. The van der Waals surface area contributed by atoms with E-state index < -0.39 is 10.0 Å². The summed E-state index contributed by atoms with van der Waals surface area (Å²) in [5.74, 6) is 0. The third-order valence-corrected chi connectivity index (χ3v) is 6.12. The highest BCUT2D eigenvalue weighted by Gasteiger charge is 2.23. The molecule has 1 aromatic heterocycles. The highest BCUT2D eigenvalue weighted by Crippen LogP contribution is 2.34. The van der Waals surface area contributed by atoms with Crippen LogP contribution in [0, 0.1) is 6.92 Å². The Labute approximate surface area is 132 Å². The molecule has 0 saturated heterocycles. The molecule has 0 aliphatic heterocycles. The molecule has 0 aliphatic rings. The Balaban J connectivity index is 2.24. The summed E-state index contributed by atoms with van der Waals surface area (Å²) in [6.45, 7) is 3.76. The summed E-state index contributed by atoms with van der Waals surface area (Å²) in [6, 6.07) is 8.67. The molecule has 1 aromatic carbocycles. The average Bonchev–Trinajstić information content (AvgIpc) is 2.69. The number of hydrogen-bond donors (Lipinski definition) is 1. The zero-order chi connectivity index (χ0) is 14.9. The van der Waals surface area contributed by atoms with Gasteiger partial charge in [0.1, 0.15) is 9.23 Å². The van der Waals surface area contributed by atoms with E-state index in [-0.39, 0.29) is 15.3 Å². The maximum atomic E-state index is 12.3. The van der Waals surface area contributed by atoms with Crippen molar-refractivity contribution in [1.82, 2.24) is 4.72 Å². The second-order valence-corrected chi connectivity index (χ2v) is 8.41. The van der Waals surface area contributed by atoms with Gasteiger partial charge in [-0.3, -0.25) is 0 Å². The van der Waals surface area contributed by atoms with Gasteiger partial charge in [0.25, 0.3) is 0 Å². The SMILES string of the molecule is Cc1ccc(C(C)NS(=O)(=O)c2cc(Cl)sc2Cl)cc1. The van der Waals surface area contributed by atoms with Crippen LogP contribution in [0.15, 0.2) is 35.2 Å². The summed E-state index contributed by atoms with van der Waals surface area (Å²) < 4.78 is 27.6. The molecule has 0 spiro atoms. The van der Waals surface area contributed by atoms with Gasteiger partial charge < -0.3 is 0 Å². The van der Waals surface area contributed by atoms with Gasteiger partial charge in [0.2, 0.25) is 10.0 Å². The molecule has 7 heteroatoms. The Hall–Kier alpha value is -0.590. The van der Waals surface area contributed by atoms with E-state index in [1.807, 2.05) is 31.2 Å². The van der Waals surface area contributed by atoms with Crippen molar-refractivity contribution in [2.45, 2.75) is 24.8 Å². The molecule has 0 radical (unpaired) electrons. The molecule has 0 aliphatic carbocycles. The molecule has 0 saturated carbocycles. The number of nitrogens with one attached hydrogen (secondary N) is 1. The van der Waals surface area contributed by atoms with Crippen molar-refractivity contribution in [2.24, 2.45) is 0 Å². The lowest BCUT2D eigenvalue weighted by Gasteiger charge is -2.14. The summed E-state index contributed by atoms with van der Waals surface area (Å²) in [4.78, 5) is 0.0214. The monoisotopic (exact) mass is 349 g/mol. The standard InChI is InChI=1S/C13H13Cl2NO2S2/c1-8-3-5-10(6-4-8)9(2)16-20(17,18)11-7-12(14)19-13(11)15/h3-7,9,16H,1-2H3. The van der Waals surface area contributed by atoms with Gasteiger partial charge in [-0.1, -0.05) is 53.0 Å². The van der Waals surface area contributed by atoms with E-state index in [4.69, 9.17) is 23.2 Å². The predicted octanol–water partition coefficient (Wildman–Crippen LogP) is 4.40. The first-order chi connectivity index (χ1) is 9.29. The summed E-state index contributed by atoms with van der Waals surface area (Å²) >= 11 is 12.7. The van der Waals surface area contributed by atoms with Gasteiger partial charge in [-0.05, 0) is 25.5 Å². The van der Waals surface area contributed by atoms with Gasteiger partial charge in [0.05, 0.1) is 4.34 Å². The molecule has 0 amide bonds. The van der Waals surface area contributed by atoms with E-state index >= 15 is 0 Å². The van der Waals surface area contributed by atoms with E-state index in [0.29, 0.717) is 4.34 Å². The molecule has 1 atom stereocenters. The molecule has 0 bridgehead atoms. The quantitative estimate of drug-likeness (QED) is 0.888. The van der Waals surface area contributed by atoms with Crippen LogP contribution in [0.5, 0.6) is 0 Å². The maximum absolute atomic E-state index is 12.3. The summed E-state index contributed by atoms with van der Waals surface area (Å²) in [5, 5.41) is 0. The van der Waals surface area contributed by atoms with Crippen molar-refractivity contribution >= 4 is 44.6 Å². The highest BCUT2D eigenvalue weighted by atomic mass is 35.5. The van der Waals surface area contributed by atoms with Crippen LogP contribution < -0.4 is 4.72 Å². The first-order valence-electron chi connectivity index (χ1n) is 5.83. The molecule has 2 aromatic rings. The number of thiophene rings is 1. The molecule has 3 nitrogen and oxygen atoms in total. The lowest BCUT2D eigenvalue weighted by Crippen LogP contribution is -2.26. The number of sulfonamides is 1. The van der Waals surface area contributed by atoms with Crippen LogP contribution in [0.25, 0.3) is 0 Å². The van der Waals surface area contributed by atoms with Crippen molar-refractivity contribution in [2.75, 3.05) is 0 Å². The van der Waals surface area contributed by atoms with Crippen LogP contribution in [0.3, 0.4) is 0 Å². The molecule has 108 valence electrons. The number of benzene rings is 1. The fourth-order valence-electron chi connectivity index (χ4n) is 1.73. The van der Waals surface area contributed by atoms with E-state index in [9.17, 15) is 8.42 Å². The number of aryl methyl sites for hydroxylation is 1. The minimum Gasteiger partial charge on any atom is -0.207 e. The van der Waals surface area contributed by atoms with Gasteiger partial charge in [-0.25, -0.2) is 13.1 Å². The number of rotatable bonds is 4. The maximum Gasteiger partial charge on any atom is 0.243 e. The minimum atomic E-state index is -3.68. The minimum absolute atomic E-state index is 0.0214. The normalized spacial score (nSPS) is 13.4. The van der Waals surface area contributed by atoms with Gasteiger partial charge in [-0.15, -0.1) is 11.3 Å². The zero-order valence-corrected chi connectivity index (χ0v) is 14.0. The van der Waals surface area contributed by atoms with Crippen LogP contribution in [0.1, 0.15) is 24.1 Å². The van der Waals surface area contributed by atoms with E-state index in [2.05, 4.69) is 4.72 Å². The molecular weight excluding hydrogens is 337 g/mol.